The zero-order valence-electron chi connectivity index (χ0n) is 8.67. The van der Waals surface area contributed by atoms with Gasteiger partial charge in [0.2, 0.25) is 5.91 Å². The van der Waals surface area contributed by atoms with Crippen molar-refractivity contribution in [2.45, 2.75) is 6.92 Å². The predicted octanol–water partition coefficient (Wildman–Crippen LogP) is 1.92. The second-order valence-electron chi connectivity index (χ2n) is 3.23. The number of amides is 1. The molecule has 0 aliphatic heterocycles. The third-order valence-corrected chi connectivity index (χ3v) is 2.01. The molecule has 1 amide bonds. The normalized spacial score (nSPS) is 11.5. The van der Waals surface area contributed by atoms with Gasteiger partial charge < -0.3 is 11.1 Å². The molecule has 0 aliphatic rings. The van der Waals surface area contributed by atoms with Gasteiger partial charge in [-0.25, -0.2) is 8.78 Å². The number of carbonyl (C=O) groups is 1. The molecule has 0 radical (unpaired) electrons. The molecule has 6 heteroatoms. The van der Waals surface area contributed by atoms with E-state index in [0.29, 0.717) is 0 Å². The van der Waals surface area contributed by atoms with Crippen molar-refractivity contribution in [1.29, 1.82) is 0 Å². The molecule has 0 saturated carbocycles. The van der Waals surface area contributed by atoms with Gasteiger partial charge in [0.15, 0.2) is 11.6 Å². The molecule has 1 atom stereocenters. The number of rotatable bonds is 3. The topological polar surface area (TPSA) is 55.1 Å². The van der Waals surface area contributed by atoms with Crippen molar-refractivity contribution in [3.8, 4) is 0 Å². The Morgan fingerprint density at radius 3 is 2.69 bits per heavy atom. The Kier molecular flexibility index (Phi) is 5.92. The zero-order chi connectivity index (χ0) is 11.4. The van der Waals surface area contributed by atoms with Crippen molar-refractivity contribution in [3.05, 3.63) is 29.8 Å². The van der Waals surface area contributed by atoms with Crippen molar-refractivity contribution < 1.29 is 13.6 Å². The first-order valence-corrected chi connectivity index (χ1v) is 4.51. The standard InChI is InChI=1S/C10H12F2N2O.ClH/c1-6(5-13)10(15)14-8-4-2-3-7(11)9(8)12;/h2-4,6H,5,13H2,1H3,(H,14,15);1H. The summed E-state index contributed by atoms with van der Waals surface area (Å²) < 4.78 is 25.9. The van der Waals surface area contributed by atoms with Gasteiger partial charge in [-0.2, -0.15) is 0 Å². The van der Waals surface area contributed by atoms with Crippen LogP contribution in [0.4, 0.5) is 14.5 Å². The first kappa shape index (κ1) is 14.8. The molecule has 1 aromatic carbocycles. The number of carbonyl (C=O) groups excluding carboxylic acids is 1. The van der Waals surface area contributed by atoms with E-state index in [4.69, 9.17) is 5.73 Å². The lowest BCUT2D eigenvalue weighted by molar-refractivity contribution is -0.119. The minimum atomic E-state index is -1.06. The van der Waals surface area contributed by atoms with E-state index < -0.39 is 23.5 Å². The number of benzene rings is 1. The molecule has 0 saturated heterocycles. The molecular formula is C10H13ClF2N2O. The minimum absolute atomic E-state index is 0. The third kappa shape index (κ3) is 3.43. The lowest BCUT2D eigenvalue weighted by Gasteiger charge is -2.10. The second-order valence-corrected chi connectivity index (χ2v) is 3.23. The number of anilines is 1. The first-order valence-electron chi connectivity index (χ1n) is 4.51. The number of halogens is 3. The summed E-state index contributed by atoms with van der Waals surface area (Å²) in [5, 5.41) is 2.27. The van der Waals surface area contributed by atoms with Crippen LogP contribution >= 0.6 is 12.4 Å². The van der Waals surface area contributed by atoms with E-state index in [2.05, 4.69) is 5.32 Å². The summed E-state index contributed by atoms with van der Waals surface area (Å²) in [5.41, 5.74) is 5.10. The molecule has 3 nitrogen and oxygen atoms in total. The summed E-state index contributed by atoms with van der Waals surface area (Å²) in [4.78, 5) is 11.3. The Hall–Kier alpha value is -1.20. The monoisotopic (exact) mass is 250 g/mol. The molecular weight excluding hydrogens is 238 g/mol. The van der Waals surface area contributed by atoms with Crippen LogP contribution in [0.2, 0.25) is 0 Å². The molecule has 0 aliphatic carbocycles. The Balaban J connectivity index is 0.00000225. The number of nitrogens with two attached hydrogens (primary N) is 1. The molecule has 1 unspecified atom stereocenters. The van der Waals surface area contributed by atoms with E-state index in [1.807, 2.05) is 0 Å². The van der Waals surface area contributed by atoms with Gasteiger partial charge in [-0.05, 0) is 12.1 Å². The Morgan fingerprint density at radius 1 is 1.50 bits per heavy atom. The van der Waals surface area contributed by atoms with Crippen molar-refractivity contribution in [2.75, 3.05) is 11.9 Å². The first-order chi connectivity index (χ1) is 7.06. The van der Waals surface area contributed by atoms with Gasteiger partial charge >= 0.3 is 0 Å². The maximum Gasteiger partial charge on any atom is 0.228 e. The van der Waals surface area contributed by atoms with Gasteiger partial charge in [0.25, 0.3) is 0 Å². The minimum Gasteiger partial charge on any atom is -0.330 e. The van der Waals surface area contributed by atoms with Crippen LogP contribution in [0, 0.1) is 17.6 Å². The van der Waals surface area contributed by atoms with Gasteiger partial charge in [0, 0.05) is 12.5 Å². The lowest BCUT2D eigenvalue weighted by atomic mass is 10.1. The highest BCUT2D eigenvalue weighted by molar-refractivity contribution is 5.92. The van der Waals surface area contributed by atoms with Crippen LogP contribution in [0.5, 0.6) is 0 Å². The third-order valence-electron chi connectivity index (χ3n) is 2.01. The number of hydrogen-bond donors (Lipinski definition) is 2. The van der Waals surface area contributed by atoms with Crippen molar-refractivity contribution >= 4 is 24.0 Å². The maximum atomic E-state index is 13.1. The highest BCUT2D eigenvalue weighted by Crippen LogP contribution is 2.17. The Labute approximate surface area is 98.4 Å². The van der Waals surface area contributed by atoms with Gasteiger partial charge in [-0.1, -0.05) is 13.0 Å². The highest BCUT2D eigenvalue weighted by Gasteiger charge is 2.14. The van der Waals surface area contributed by atoms with Crippen LogP contribution in [-0.2, 0) is 4.79 Å². The summed E-state index contributed by atoms with van der Waals surface area (Å²) in [6.45, 7) is 1.76. The molecule has 0 fully saturated rings. The molecule has 0 spiro atoms. The molecule has 1 aromatic rings. The largest absolute Gasteiger partial charge is 0.330 e. The van der Waals surface area contributed by atoms with Gasteiger partial charge in [0.05, 0.1) is 5.69 Å². The average Bonchev–Trinajstić information content (AvgIpc) is 2.23. The van der Waals surface area contributed by atoms with Crippen LogP contribution in [0.3, 0.4) is 0 Å². The van der Waals surface area contributed by atoms with Gasteiger partial charge in [0.1, 0.15) is 0 Å². The van der Waals surface area contributed by atoms with E-state index in [9.17, 15) is 13.6 Å². The summed E-state index contributed by atoms with van der Waals surface area (Å²) in [7, 11) is 0. The molecule has 0 heterocycles. The lowest BCUT2D eigenvalue weighted by Crippen LogP contribution is -2.27. The average molecular weight is 251 g/mol. The van der Waals surface area contributed by atoms with Crippen LogP contribution < -0.4 is 11.1 Å². The molecule has 16 heavy (non-hydrogen) atoms. The van der Waals surface area contributed by atoms with E-state index >= 15 is 0 Å². The van der Waals surface area contributed by atoms with Crippen LogP contribution in [0.25, 0.3) is 0 Å². The van der Waals surface area contributed by atoms with E-state index in [-0.39, 0.29) is 24.6 Å². The van der Waals surface area contributed by atoms with Gasteiger partial charge in [-0.15, -0.1) is 12.4 Å². The van der Waals surface area contributed by atoms with Crippen LogP contribution in [0.1, 0.15) is 6.92 Å². The molecule has 0 aromatic heterocycles. The van der Waals surface area contributed by atoms with E-state index in [1.54, 1.807) is 6.92 Å². The molecule has 0 bridgehead atoms. The summed E-state index contributed by atoms with van der Waals surface area (Å²) in [5.74, 6) is -2.92. The Bertz CT molecular complexity index is 374. The van der Waals surface area contributed by atoms with E-state index in [1.165, 1.54) is 12.1 Å². The Morgan fingerprint density at radius 2 is 2.12 bits per heavy atom. The molecule has 3 N–H and O–H groups in total. The van der Waals surface area contributed by atoms with Crippen molar-refractivity contribution in [3.63, 3.8) is 0 Å². The highest BCUT2D eigenvalue weighted by atomic mass is 35.5. The zero-order valence-corrected chi connectivity index (χ0v) is 9.48. The van der Waals surface area contributed by atoms with Crippen LogP contribution in [-0.4, -0.2) is 12.5 Å². The number of nitrogens with one attached hydrogen (secondary N) is 1. The predicted molar refractivity (Wildman–Crippen MR) is 60.5 cm³/mol. The van der Waals surface area contributed by atoms with Crippen molar-refractivity contribution in [2.24, 2.45) is 11.7 Å². The maximum absolute atomic E-state index is 13.1. The van der Waals surface area contributed by atoms with Gasteiger partial charge in [-0.3, -0.25) is 4.79 Å². The summed E-state index contributed by atoms with van der Waals surface area (Å²) in [6.07, 6.45) is 0. The number of hydrogen-bond acceptors (Lipinski definition) is 2. The second kappa shape index (κ2) is 6.40. The fourth-order valence-electron chi connectivity index (χ4n) is 0.963. The fourth-order valence-corrected chi connectivity index (χ4v) is 0.963. The summed E-state index contributed by atoms with van der Waals surface area (Å²) in [6, 6.07) is 3.60. The molecule has 90 valence electrons. The smallest absolute Gasteiger partial charge is 0.228 e. The quantitative estimate of drug-likeness (QED) is 0.861. The molecule has 1 rings (SSSR count). The SMILES string of the molecule is CC(CN)C(=O)Nc1cccc(F)c1F.Cl. The summed E-state index contributed by atoms with van der Waals surface area (Å²) >= 11 is 0. The van der Waals surface area contributed by atoms with Crippen LogP contribution in [0.15, 0.2) is 18.2 Å². The van der Waals surface area contributed by atoms with Crippen molar-refractivity contribution in [1.82, 2.24) is 0 Å². The fraction of sp³-hybridized carbons (Fsp3) is 0.300. The van der Waals surface area contributed by atoms with E-state index in [0.717, 1.165) is 6.07 Å².